The molecule has 7 rings (SSSR count). The fraction of sp³-hybridized carbons (Fsp3) is 0.423. The van der Waals surface area contributed by atoms with Gasteiger partial charge in [-0.1, -0.05) is 6.07 Å². The molecule has 7 heteroatoms. The molecular weight excluding hydrogens is 410 g/mol. The van der Waals surface area contributed by atoms with Crippen molar-refractivity contribution >= 4 is 22.4 Å². The molecule has 3 fully saturated rings. The van der Waals surface area contributed by atoms with Crippen LogP contribution in [0.2, 0.25) is 0 Å². The van der Waals surface area contributed by atoms with Crippen molar-refractivity contribution in [3.05, 3.63) is 59.4 Å². The van der Waals surface area contributed by atoms with Gasteiger partial charge < -0.3 is 15.1 Å². The lowest BCUT2D eigenvalue weighted by molar-refractivity contribution is 0.133. The highest BCUT2D eigenvalue weighted by molar-refractivity contribution is 5.95. The summed E-state index contributed by atoms with van der Waals surface area (Å²) in [5.74, 6) is 1.13. The van der Waals surface area contributed by atoms with Crippen molar-refractivity contribution in [2.45, 2.75) is 44.1 Å². The molecule has 3 aromatic rings. The summed E-state index contributed by atoms with van der Waals surface area (Å²) < 4.78 is 7.93. The molecule has 0 unspecified atom stereocenters. The van der Waals surface area contributed by atoms with E-state index < -0.39 is 0 Å². The number of aromatic nitrogens is 2. The first-order valence-electron chi connectivity index (χ1n) is 12.4. The van der Waals surface area contributed by atoms with E-state index in [0.717, 1.165) is 49.6 Å². The Hall–Kier alpha value is -3.21. The molecule has 6 heterocycles. The van der Waals surface area contributed by atoms with E-state index in [4.69, 9.17) is 6.35 Å². The van der Waals surface area contributed by atoms with Crippen LogP contribution < -0.4 is 15.1 Å². The molecule has 2 bridgehead atoms. The predicted octanol–water partition coefficient (Wildman–Crippen LogP) is 2.82. The van der Waals surface area contributed by atoms with E-state index in [1.54, 1.807) is 6.07 Å². The van der Waals surface area contributed by atoms with Crippen LogP contribution in [0.4, 0.5) is 11.5 Å². The minimum Gasteiger partial charge on any atom is -0.368 e. The van der Waals surface area contributed by atoms with E-state index in [1.165, 1.54) is 17.7 Å². The van der Waals surface area contributed by atoms with Crippen molar-refractivity contribution in [3.8, 4) is 6.07 Å². The van der Waals surface area contributed by atoms with Gasteiger partial charge in [0.25, 0.3) is 0 Å². The Kier molecular flexibility index (Phi) is 3.95. The summed E-state index contributed by atoms with van der Waals surface area (Å²) in [5, 5.41) is 14.1. The SMILES string of the molecule is [2H]c1ccc2c(N3C[C@@H](C)N4Cc5nc(N6C[C@H]7C[C@@H]6CN7)ccc5[C@H]4C3)ccc(C#N)c2n1. The fourth-order valence-electron chi connectivity index (χ4n) is 6.43. The number of pyridine rings is 2. The van der Waals surface area contributed by atoms with E-state index in [9.17, 15) is 5.26 Å². The lowest BCUT2D eigenvalue weighted by Gasteiger charge is -2.43. The average Bonchev–Trinajstić information content (AvgIpc) is 3.57. The molecule has 2 aromatic heterocycles. The molecule has 4 atom stereocenters. The molecule has 1 N–H and O–H groups in total. The second-order valence-electron chi connectivity index (χ2n) is 9.88. The van der Waals surface area contributed by atoms with Crippen molar-refractivity contribution in [1.29, 1.82) is 5.26 Å². The Bertz CT molecular complexity index is 1350. The van der Waals surface area contributed by atoms with Crippen LogP contribution in [0.3, 0.4) is 0 Å². The van der Waals surface area contributed by atoms with Gasteiger partial charge in [-0.25, -0.2) is 4.98 Å². The van der Waals surface area contributed by atoms with Crippen LogP contribution in [0, 0.1) is 11.3 Å². The predicted molar refractivity (Wildman–Crippen MR) is 128 cm³/mol. The van der Waals surface area contributed by atoms with Crippen LogP contribution in [-0.2, 0) is 6.54 Å². The van der Waals surface area contributed by atoms with E-state index in [2.05, 4.69) is 50.1 Å². The molecule has 0 radical (unpaired) electrons. The summed E-state index contributed by atoms with van der Waals surface area (Å²) in [6.07, 6.45) is 1.42. The second-order valence-corrected chi connectivity index (χ2v) is 9.88. The summed E-state index contributed by atoms with van der Waals surface area (Å²) in [4.78, 5) is 17.0. The number of anilines is 2. The molecule has 7 nitrogen and oxygen atoms in total. The van der Waals surface area contributed by atoms with Gasteiger partial charge in [0.15, 0.2) is 0 Å². The molecule has 3 saturated heterocycles. The zero-order valence-corrected chi connectivity index (χ0v) is 18.7. The Morgan fingerprint density at radius 2 is 2.12 bits per heavy atom. The summed E-state index contributed by atoms with van der Waals surface area (Å²) in [7, 11) is 0. The van der Waals surface area contributed by atoms with E-state index in [-0.39, 0.29) is 6.17 Å². The van der Waals surface area contributed by atoms with Gasteiger partial charge in [0.05, 0.1) is 24.2 Å². The molecule has 1 aromatic carbocycles. The average molecular weight is 439 g/mol. The van der Waals surface area contributed by atoms with Gasteiger partial charge >= 0.3 is 0 Å². The van der Waals surface area contributed by atoms with E-state index in [0.29, 0.717) is 35.2 Å². The van der Waals surface area contributed by atoms with E-state index >= 15 is 0 Å². The van der Waals surface area contributed by atoms with Crippen molar-refractivity contribution in [2.24, 2.45) is 0 Å². The smallest absolute Gasteiger partial charge is 0.129 e. The number of nitrogens with zero attached hydrogens (tertiary/aromatic N) is 6. The van der Waals surface area contributed by atoms with Crippen LogP contribution in [0.5, 0.6) is 0 Å². The molecular formula is C26H27N7. The van der Waals surface area contributed by atoms with Crippen molar-refractivity contribution in [1.82, 2.24) is 20.2 Å². The third-order valence-electron chi connectivity index (χ3n) is 8.04. The number of benzene rings is 1. The topological polar surface area (TPSA) is 71.3 Å². The third-order valence-corrected chi connectivity index (χ3v) is 8.04. The lowest BCUT2D eigenvalue weighted by Crippen LogP contribution is -2.51. The second kappa shape index (κ2) is 7.14. The van der Waals surface area contributed by atoms with Gasteiger partial charge in [0, 0.05) is 68.1 Å². The standard InChI is InChI=1S/C26H27N7/c1-16-12-31(23-6-4-17(10-27)26-21(23)3-2-8-28-26)15-24-20-5-7-25(30-22(20)14-32(16)24)33-13-18-9-19(33)11-29-18/h2-8,16,18-19,24,29H,9,11-15H2,1H3/t16-,18-,19-,24-/m1/s1/i8D. The molecule has 4 aliphatic rings. The highest BCUT2D eigenvalue weighted by atomic mass is 15.3. The first-order valence-corrected chi connectivity index (χ1v) is 11.9. The Labute approximate surface area is 195 Å². The molecule has 0 aliphatic carbocycles. The molecule has 0 spiro atoms. The summed E-state index contributed by atoms with van der Waals surface area (Å²) in [6, 6.07) is 16.2. The normalized spacial score (nSPS) is 28.7. The van der Waals surface area contributed by atoms with Gasteiger partial charge in [-0.2, -0.15) is 5.26 Å². The molecule has 0 amide bonds. The maximum Gasteiger partial charge on any atom is 0.129 e. The van der Waals surface area contributed by atoms with Crippen molar-refractivity contribution in [2.75, 3.05) is 36.0 Å². The number of fused-ring (bicyclic) bond motifs is 6. The molecule has 0 saturated carbocycles. The molecule has 166 valence electrons. The fourth-order valence-corrected chi connectivity index (χ4v) is 6.43. The van der Waals surface area contributed by atoms with E-state index in [1.807, 2.05) is 18.2 Å². The van der Waals surface area contributed by atoms with Crippen LogP contribution in [0.1, 0.15) is 37.6 Å². The Morgan fingerprint density at radius 3 is 2.94 bits per heavy atom. The van der Waals surface area contributed by atoms with Gasteiger partial charge in [0.2, 0.25) is 0 Å². The summed E-state index contributed by atoms with van der Waals surface area (Å²) >= 11 is 0. The first-order chi connectivity index (χ1) is 16.6. The number of piperazine rings is 2. The largest absolute Gasteiger partial charge is 0.368 e. The van der Waals surface area contributed by atoms with Crippen molar-refractivity contribution in [3.63, 3.8) is 0 Å². The third kappa shape index (κ3) is 2.87. The van der Waals surface area contributed by atoms with Gasteiger partial charge in [-0.15, -0.1) is 0 Å². The lowest BCUT2D eigenvalue weighted by atomic mass is 10.0. The number of hydrogen-bond donors (Lipinski definition) is 1. The summed E-state index contributed by atoms with van der Waals surface area (Å²) in [5.41, 5.74) is 4.79. The zero-order valence-electron chi connectivity index (χ0n) is 19.7. The number of nitriles is 1. The summed E-state index contributed by atoms with van der Waals surface area (Å²) in [6.45, 7) is 7.11. The van der Waals surface area contributed by atoms with Crippen LogP contribution in [-0.4, -0.2) is 59.2 Å². The van der Waals surface area contributed by atoms with Gasteiger partial charge in [-0.3, -0.25) is 9.88 Å². The van der Waals surface area contributed by atoms with Crippen LogP contribution in [0.15, 0.2) is 42.6 Å². The number of rotatable bonds is 2. The first kappa shape index (κ1) is 18.2. The molecule has 33 heavy (non-hydrogen) atoms. The van der Waals surface area contributed by atoms with Gasteiger partial charge in [-0.05, 0) is 49.2 Å². The van der Waals surface area contributed by atoms with Gasteiger partial charge in [0.1, 0.15) is 11.9 Å². The minimum absolute atomic E-state index is 0.188. The highest BCUT2D eigenvalue weighted by Gasteiger charge is 2.42. The number of nitrogens with one attached hydrogen (secondary N) is 1. The van der Waals surface area contributed by atoms with Crippen LogP contribution in [0.25, 0.3) is 10.9 Å². The minimum atomic E-state index is 0.188. The maximum atomic E-state index is 9.55. The molecule has 4 aliphatic heterocycles. The van der Waals surface area contributed by atoms with Crippen LogP contribution >= 0.6 is 0 Å². The Balaban J connectivity index is 1.22. The maximum absolute atomic E-state index is 9.55. The quantitative estimate of drug-likeness (QED) is 0.660. The monoisotopic (exact) mass is 438 g/mol. The Morgan fingerprint density at radius 1 is 1.18 bits per heavy atom. The zero-order chi connectivity index (χ0) is 23.0. The van der Waals surface area contributed by atoms with Crippen molar-refractivity contribution < 1.29 is 1.37 Å². The number of hydrogen-bond acceptors (Lipinski definition) is 7. The highest BCUT2D eigenvalue weighted by Crippen LogP contribution is 2.41.